The van der Waals surface area contributed by atoms with Crippen molar-refractivity contribution >= 4 is 15.9 Å². The van der Waals surface area contributed by atoms with Gasteiger partial charge < -0.3 is 5.32 Å². The van der Waals surface area contributed by atoms with Gasteiger partial charge in [0, 0.05) is 10.5 Å². The fourth-order valence-corrected chi connectivity index (χ4v) is 2.45. The molecule has 82 valence electrons. The zero-order valence-corrected chi connectivity index (χ0v) is 11.0. The van der Waals surface area contributed by atoms with Crippen molar-refractivity contribution in [2.45, 2.75) is 32.2 Å². The molecule has 1 nitrogen and oxygen atoms in total. The standard InChI is InChI=1S/C13H18BrN/c1-9-3-6-11(14)8-12(9)13(15-2)7-10-4-5-10/h3,6,8,10,13,15H,4-5,7H2,1-2H3. The number of halogens is 1. The van der Waals surface area contributed by atoms with Gasteiger partial charge in [0.15, 0.2) is 0 Å². The molecule has 15 heavy (non-hydrogen) atoms. The molecule has 2 rings (SSSR count). The van der Waals surface area contributed by atoms with Crippen LogP contribution >= 0.6 is 15.9 Å². The van der Waals surface area contributed by atoms with Gasteiger partial charge in [-0.3, -0.25) is 0 Å². The van der Waals surface area contributed by atoms with Crippen molar-refractivity contribution in [3.8, 4) is 0 Å². The van der Waals surface area contributed by atoms with Crippen LogP contribution in [-0.4, -0.2) is 7.05 Å². The summed E-state index contributed by atoms with van der Waals surface area (Å²) in [6.45, 7) is 2.19. The van der Waals surface area contributed by atoms with E-state index in [9.17, 15) is 0 Å². The highest BCUT2D eigenvalue weighted by Crippen LogP contribution is 2.38. The van der Waals surface area contributed by atoms with Crippen LogP contribution in [0.15, 0.2) is 22.7 Å². The van der Waals surface area contributed by atoms with Crippen LogP contribution in [0.4, 0.5) is 0 Å². The molecular formula is C13H18BrN. The van der Waals surface area contributed by atoms with Gasteiger partial charge in [-0.25, -0.2) is 0 Å². The van der Waals surface area contributed by atoms with Gasteiger partial charge in [0.05, 0.1) is 0 Å². The number of benzene rings is 1. The van der Waals surface area contributed by atoms with Crippen LogP contribution in [0.25, 0.3) is 0 Å². The van der Waals surface area contributed by atoms with Crippen molar-refractivity contribution in [2.75, 3.05) is 7.05 Å². The van der Waals surface area contributed by atoms with Gasteiger partial charge in [-0.2, -0.15) is 0 Å². The van der Waals surface area contributed by atoms with Crippen LogP contribution in [0, 0.1) is 12.8 Å². The van der Waals surface area contributed by atoms with E-state index in [1.54, 1.807) is 0 Å². The summed E-state index contributed by atoms with van der Waals surface area (Å²) in [7, 11) is 2.06. The third kappa shape index (κ3) is 2.82. The maximum absolute atomic E-state index is 3.55. The normalized spacial score (nSPS) is 17.8. The number of nitrogens with one attached hydrogen (secondary N) is 1. The molecular weight excluding hydrogens is 250 g/mol. The first kappa shape index (κ1) is 11.2. The molecule has 0 spiro atoms. The first-order chi connectivity index (χ1) is 7.20. The highest BCUT2D eigenvalue weighted by Gasteiger charge is 2.26. The van der Waals surface area contributed by atoms with Gasteiger partial charge in [-0.05, 0) is 49.6 Å². The molecule has 1 aromatic rings. The van der Waals surface area contributed by atoms with Crippen LogP contribution in [0.5, 0.6) is 0 Å². The van der Waals surface area contributed by atoms with E-state index in [1.165, 1.54) is 34.9 Å². The zero-order chi connectivity index (χ0) is 10.8. The quantitative estimate of drug-likeness (QED) is 0.875. The van der Waals surface area contributed by atoms with E-state index in [4.69, 9.17) is 0 Å². The van der Waals surface area contributed by atoms with E-state index in [0.717, 1.165) is 5.92 Å². The van der Waals surface area contributed by atoms with Crippen molar-refractivity contribution < 1.29 is 0 Å². The molecule has 1 N–H and O–H groups in total. The minimum absolute atomic E-state index is 0.523. The zero-order valence-electron chi connectivity index (χ0n) is 9.39. The van der Waals surface area contributed by atoms with Crippen LogP contribution < -0.4 is 5.32 Å². The molecule has 0 saturated heterocycles. The lowest BCUT2D eigenvalue weighted by Crippen LogP contribution is -2.18. The SMILES string of the molecule is CNC(CC1CC1)c1cc(Br)ccc1C. The Bertz CT molecular complexity index is 344. The average Bonchev–Trinajstić information content (AvgIpc) is 3.02. The molecule has 2 heteroatoms. The summed E-state index contributed by atoms with van der Waals surface area (Å²) in [4.78, 5) is 0. The van der Waals surface area contributed by atoms with Crippen LogP contribution in [0.1, 0.15) is 36.4 Å². The monoisotopic (exact) mass is 267 g/mol. The van der Waals surface area contributed by atoms with E-state index < -0.39 is 0 Å². The minimum atomic E-state index is 0.523. The molecule has 1 saturated carbocycles. The van der Waals surface area contributed by atoms with Crippen molar-refractivity contribution in [1.82, 2.24) is 5.32 Å². The molecule has 1 aliphatic rings. The van der Waals surface area contributed by atoms with E-state index in [0.29, 0.717) is 6.04 Å². The second-order valence-electron chi connectivity index (χ2n) is 4.52. The summed E-state index contributed by atoms with van der Waals surface area (Å²) in [6.07, 6.45) is 4.13. The summed E-state index contributed by atoms with van der Waals surface area (Å²) in [5.74, 6) is 0.959. The molecule has 1 fully saturated rings. The Morgan fingerprint density at radius 1 is 1.47 bits per heavy atom. The maximum atomic E-state index is 3.55. The number of hydrogen-bond donors (Lipinski definition) is 1. The molecule has 0 aromatic heterocycles. The Morgan fingerprint density at radius 3 is 2.80 bits per heavy atom. The highest BCUT2D eigenvalue weighted by molar-refractivity contribution is 9.10. The van der Waals surface area contributed by atoms with Crippen LogP contribution in [0.3, 0.4) is 0 Å². The van der Waals surface area contributed by atoms with Crippen LogP contribution in [0.2, 0.25) is 0 Å². The van der Waals surface area contributed by atoms with E-state index >= 15 is 0 Å². The minimum Gasteiger partial charge on any atom is -0.313 e. The van der Waals surface area contributed by atoms with Crippen molar-refractivity contribution in [1.29, 1.82) is 0 Å². The Kier molecular flexibility index (Phi) is 3.47. The number of rotatable bonds is 4. The fourth-order valence-electron chi connectivity index (χ4n) is 2.07. The van der Waals surface area contributed by atoms with Gasteiger partial charge in [-0.15, -0.1) is 0 Å². The predicted octanol–water partition coefficient (Wildman–Crippen LogP) is 3.82. The lowest BCUT2D eigenvalue weighted by Gasteiger charge is -2.19. The summed E-state index contributed by atoms with van der Waals surface area (Å²) < 4.78 is 1.18. The Labute approximate surface area is 100 Å². The number of hydrogen-bond acceptors (Lipinski definition) is 1. The average molecular weight is 268 g/mol. The molecule has 0 radical (unpaired) electrons. The van der Waals surface area contributed by atoms with Crippen molar-refractivity contribution in [3.63, 3.8) is 0 Å². The second kappa shape index (κ2) is 4.67. The largest absolute Gasteiger partial charge is 0.313 e. The Balaban J connectivity index is 2.19. The Hall–Kier alpha value is -0.340. The van der Waals surface area contributed by atoms with Crippen molar-refractivity contribution in [3.05, 3.63) is 33.8 Å². The lowest BCUT2D eigenvalue weighted by molar-refractivity contribution is 0.512. The van der Waals surface area contributed by atoms with Gasteiger partial charge in [0.2, 0.25) is 0 Å². The van der Waals surface area contributed by atoms with Gasteiger partial charge >= 0.3 is 0 Å². The number of aryl methyl sites for hydroxylation is 1. The fraction of sp³-hybridized carbons (Fsp3) is 0.538. The molecule has 1 atom stereocenters. The molecule has 1 aromatic carbocycles. The van der Waals surface area contributed by atoms with E-state index in [-0.39, 0.29) is 0 Å². The molecule has 1 aliphatic carbocycles. The predicted molar refractivity (Wildman–Crippen MR) is 68.0 cm³/mol. The summed E-state index contributed by atoms with van der Waals surface area (Å²) in [6, 6.07) is 7.08. The maximum Gasteiger partial charge on any atom is 0.0323 e. The van der Waals surface area contributed by atoms with Crippen LogP contribution in [-0.2, 0) is 0 Å². The van der Waals surface area contributed by atoms with Gasteiger partial charge in [0.25, 0.3) is 0 Å². The first-order valence-electron chi connectivity index (χ1n) is 5.64. The third-order valence-electron chi connectivity index (χ3n) is 3.23. The van der Waals surface area contributed by atoms with Crippen molar-refractivity contribution in [2.24, 2.45) is 5.92 Å². The summed E-state index contributed by atoms with van der Waals surface area (Å²) in [5.41, 5.74) is 2.83. The first-order valence-corrected chi connectivity index (χ1v) is 6.43. The molecule has 0 bridgehead atoms. The Morgan fingerprint density at radius 2 is 2.20 bits per heavy atom. The molecule has 0 aliphatic heterocycles. The lowest BCUT2D eigenvalue weighted by atomic mass is 9.97. The molecule has 0 heterocycles. The molecule has 0 amide bonds. The van der Waals surface area contributed by atoms with Gasteiger partial charge in [-0.1, -0.05) is 34.8 Å². The van der Waals surface area contributed by atoms with E-state index in [1.807, 2.05) is 0 Å². The highest BCUT2D eigenvalue weighted by atomic mass is 79.9. The summed E-state index contributed by atoms with van der Waals surface area (Å²) in [5, 5.41) is 3.44. The topological polar surface area (TPSA) is 12.0 Å². The smallest absolute Gasteiger partial charge is 0.0323 e. The van der Waals surface area contributed by atoms with E-state index in [2.05, 4.69) is 53.4 Å². The van der Waals surface area contributed by atoms with Gasteiger partial charge in [0.1, 0.15) is 0 Å². The summed E-state index contributed by atoms with van der Waals surface area (Å²) >= 11 is 3.55. The second-order valence-corrected chi connectivity index (χ2v) is 5.44. The molecule has 1 unspecified atom stereocenters. The third-order valence-corrected chi connectivity index (χ3v) is 3.72.